The summed E-state index contributed by atoms with van der Waals surface area (Å²) in [5.74, 6) is 2.24. The van der Waals surface area contributed by atoms with E-state index in [1.54, 1.807) is 21.3 Å². The number of quaternary nitrogens is 1. The first-order valence-electron chi connectivity index (χ1n) is 8.36. The molecule has 25 heavy (non-hydrogen) atoms. The fourth-order valence-electron chi connectivity index (χ4n) is 3.92. The van der Waals surface area contributed by atoms with Gasteiger partial charge < -0.3 is 19.3 Å². The van der Waals surface area contributed by atoms with Gasteiger partial charge in [0.2, 0.25) is 0 Å². The number of hydrogen-bond donors (Lipinski definition) is 2. The molecule has 0 amide bonds. The molecule has 130 valence electrons. The van der Waals surface area contributed by atoms with E-state index in [-0.39, 0.29) is 11.8 Å². The summed E-state index contributed by atoms with van der Waals surface area (Å²) in [7, 11) is 4.91. The van der Waals surface area contributed by atoms with Crippen LogP contribution >= 0.6 is 0 Å². The highest BCUT2D eigenvalue weighted by Gasteiger charge is 2.32. The van der Waals surface area contributed by atoms with Crippen molar-refractivity contribution < 1.29 is 24.2 Å². The number of hydrogen-bond acceptors (Lipinski definition) is 4. The highest BCUT2D eigenvalue weighted by atomic mass is 16.5. The molecule has 2 heterocycles. The fraction of sp³-hybridized carbons (Fsp3) is 0.300. The number of phenolic OH excluding ortho intramolecular Hbond substituents is 1. The number of nitrogens with one attached hydrogen (secondary N) is 1. The second kappa shape index (κ2) is 6.01. The first-order chi connectivity index (χ1) is 12.2. The number of ether oxygens (including phenoxy) is 3. The van der Waals surface area contributed by atoms with Crippen molar-refractivity contribution in [3.8, 4) is 23.0 Å². The summed E-state index contributed by atoms with van der Waals surface area (Å²) >= 11 is 0. The summed E-state index contributed by atoms with van der Waals surface area (Å²) < 4.78 is 16.3. The van der Waals surface area contributed by atoms with E-state index in [0.717, 1.165) is 34.9 Å². The molecule has 2 aliphatic heterocycles. The SMILES string of the molecule is COc1cc2c(cc1O)CC[NH+]1C=c3c(OC)c(OC)ccc3=CC21. The summed E-state index contributed by atoms with van der Waals surface area (Å²) in [6, 6.07) is 8.00. The van der Waals surface area contributed by atoms with E-state index in [9.17, 15) is 5.11 Å². The van der Waals surface area contributed by atoms with Crippen LogP contribution < -0.4 is 29.5 Å². The zero-order valence-corrected chi connectivity index (χ0v) is 14.6. The van der Waals surface area contributed by atoms with Crippen LogP contribution in [0.25, 0.3) is 12.3 Å². The van der Waals surface area contributed by atoms with Crippen molar-refractivity contribution in [3.05, 3.63) is 45.8 Å². The molecule has 0 spiro atoms. The molecule has 0 saturated carbocycles. The minimum atomic E-state index is 0.198. The molecule has 2 N–H and O–H groups in total. The molecule has 0 aromatic heterocycles. The summed E-state index contributed by atoms with van der Waals surface area (Å²) in [5.41, 5.74) is 2.38. The normalized spacial score (nSPS) is 20.3. The molecule has 2 atom stereocenters. The average molecular weight is 340 g/mol. The van der Waals surface area contributed by atoms with Gasteiger partial charge in [0, 0.05) is 12.0 Å². The van der Waals surface area contributed by atoms with Gasteiger partial charge in [0.05, 0.1) is 33.1 Å². The van der Waals surface area contributed by atoms with Gasteiger partial charge in [0.15, 0.2) is 23.0 Å². The van der Waals surface area contributed by atoms with Crippen molar-refractivity contribution in [1.29, 1.82) is 0 Å². The van der Waals surface area contributed by atoms with E-state index in [2.05, 4.69) is 18.3 Å². The van der Waals surface area contributed by atoms with Crippen LogP contribution in [0.2, 0.25) is 0 Å². The van der Waals surface area contributed by atoms with E-state index >= 15 is 0 Å². The van der Waals surface area contributed by atoms with E-state index in [1.165, 1.54) is 16.0 Å². The van der Waals surface area contributed by atoms with Crippen molar-refractivity contribution in [3.63, 3.8) is 0 Å². The van der Waals surface area contributed by atoms with Crippen LogP contribution in [0.4, 0.5) is 0 Å². The Labute approximate surface area is 146 Å². The van der Waals surface area contributed by atoms with Crippen molar-refractivity contribution in [1.82, 2.24) is 0 Å². The Kier molecular flexibility index (Phi) is 3.81. The van der Waals surface area contributed by atoms with Gasteiger partial charge in [-0.05, 0) is 35.1 Å². The first kappa shape index (κ1) is 15.8. The number of rotatable bonds is 3. The largest absolute Gasteiger partial charge is 0.504 e. The van der Waals surface area contributed by atoms with Gasteiger partial charge in [-0.1, -0.05) is 6.07 Å². The lowest BCUT2D eigenvalue weighted by atomic mass is 9.90. The lowest BCUT2D eigenvalue weighted by Crippen LogP contribution is -3.09. The van der Waals surface area contributed by atoms with Gasteiger partial charge in [-0.2, -0.15) is 0 Å². The highest BCUT2D eigenvalue weighted by molar-refractivity contribution is 5.55. The van der Waals surface area contributed by atoms with Crippen molar-refractivity contribution >= 4 is 12.3 Å². The summed E-state index contributed by atoms with van der Waals surface area (Å²) in [5, 5.41) is 12.3. The quantitative estimate of drug-likeness (QED) is 0.834. The smallest absolute Gasteiger partial charge is 0.173 e. The summed E-state index contributed by atoms with van der Waals surface area (Å²) in [6.07, 6.45) is 5.40. The molecular weight excluding hydrogens is 318 g/mol. The molecule has 2 aliphatic rings. The van der Waals surface area contributed by atoms with Gasteiger partial charge in [-0.25, -0.2) is 0 Å². The molecule has 0 fully saturated rings. The van der Waals surface area contributed by atoms with Crippen molar-refractivity contribution in [2.24, 2.45) is 0 Å². The molecular formula is C20H22NO4+. The maximum atomic E-state index is 10.1. The molecule has 2 aromatic carbocycles. The zero-order valence-electron chi connectivity index (χ0n) is 14.6. The topological polar surface area (TPSA) is 52.4 Å². The molecule has 0 saturated heterocycles. The fourth-order valence-corrected chi connectivity index (χ4v) is 3.92. The second-order valence-corrected chi connectivity index (χ2v) is 6.39. The third kappa shape index (κ3) is 2.43. The minimum absolute atomic E-state index is 0.198. The summed E-state index contributed by atoms with van der Waals surface area (Å²) in [4.78, 5) is 1.35. The van der Waals surface area contributed by atoms with Crippen LogP contribution in [0.1, 0.15) is 17.2 Å². The second-order valence-electron chi connectivity index (χ2n) is 6.39. The summed E-state index contributed by atoms with van der Waals surface area (Å²) in [6.45, 7) is 0.958. The van der Waals surface area contributed by atoms with E-state index in [1.807, 2.05) is 18.2 Å². The number of phenols is 1. The maximum Gasteiger partial charge on any atom is 0.173 e. The predicted molar refractivity (Wildman–Crippen MR) is 94.7 cm³/mol. The molecule has 0 radical (unpaired) electrons. The van der Waals surface area contributed by atoms with Crippen LogP contribution in [-0.2, 0) is 6.42 Å². The molecule has 2 unspecified atom stereocenters. The third-order valence-corrected chi connectivity index (χ3v) is 5.15. The zero-order chi connectivity index (χ0) is 17.6. The van der Waals surface area contributed by atoms with Crippen molar-refractivity contribution in [2.75, 3.05) is 27.9 Å². The van der Waals surface area contributed by atoms with Crippen LogP contribution in [0, 0.1) is 0 Å². The third-order valence-electron chi connectivity index (χ3n) is 5.15. The molecule has 2 aromatic rings. The van der Waals surface area contributed by atoms with Crippen LogP contribution in [-0.4, -0.2) is 33.0 Å². The Morgan fingerprint density at radius 3 is 2.56 bits per heavy atom. The lowest BCUT2D eigenvalue weighted by Gasteiger charge is -2.32. The average Bonchev–Trinajstić information content (AvgIpc) is 2.64. The highest BCUT2D eigenvalue weighted by Crippen LogP contribution is 2.34. The Morgan fingerprint density at radius 1 is 1.04 bits per heavy atom. The number of benzene rings is 2. The van der Waals surface area contributed by atoms with E-state index in [4.69, 9.17) is 14.2 Å². The Morgan fingerprint density at radius 2 is 1.84 bits per heavy atom. The molecule has 0 aliphatic carbocycles. The van der Waals surface area contributed by atoms with Crippen molar-refractivity contribution in [2.45, 2.75) is 12.5 Å². The standard InChI is InChI=1S/C20H21NO4/c1-23-18-5-4-12-8-16-14-10-19(24-2)17(22)9-13(14)6-7-21(16)11-15(12)20(18)25-3/h4-5,8-11,16,22H,6-7H2,1-3H3/p+1. The Bertz CT molecular complexity index is 951. The van der Waals surface area contributed by atoms with E-state index < -0.39 is 0 Å². The van der Waals surface area contributed by atoms with E-state index in [0.29, 0.717) is 5.75 Å². The molecule has 4 rings (SSSR count). The number of methoxy groups -OCH3 is 3. The first-order valence-corrected chi connectivity index (χ1v) is 8.36. The monoisotopic (exact) mass is 340 g/mol. The Balaban J connectivity index is 1.91. The Hall–Kier alpha value is -2.66. The molecule has 5 heteroatoms. The van der Waals surface area contributed by atoms with Gasteiger partial charge in [0.25, 0.3) is 0 Å². The predicted octanol–water partition coefficient (Wildman–Crippen LogP) is 0.132. The van der Waals surface area contributed by atoms with Crippen LogP contribution in [0.3, 0.4) is 0 Å². The van der Waals surface area contributed by atoms with Gasteiger partial charge in [-0.3, -0.25) is 4.90 Å². The maximum absolute atomic E-state index is 10.1. The number of fused-ring (bicyclic) bond motifs is 4. The van der Waals surface area contributed by atoms with Gasteiger partial charge in [-0.15, -0.1) is 0 Å². The lowest BCUT2D eigenvalue weighted by molar-refractivity contribution is -0.844. The van der Waals surface area contributed by atoms with Gasteiger partial charge in [0.1, 0.15) is 12.2 Å². The van der Waals surface area contributed by atoms with Gasteiger partial charge >= 0.3 is 0 Å². The minimum Gasteiger partial charge on any atom is -0.504 e. The molecule has 5 nitrogen and oxygen atoms in total. The van der Waals surface area contributed by atoms with Crippen LogP contribution in [0.15, 0.2) is 24.3 Å². The number of aromatic hydroxyl groups is 1. The molecule has 0 bridgehead atoms. The van der Waals surface area contributed by atoms with Crippen LogP contribution in [0.5, 0.6) is 23.0 Å².